The third-order valence-corrected chi connectivity index (χ3v) is 2.71. The van der Waals surface area contributed by atoms with Crippen LogP contribution in [0.15, 0.2) is 36.4 Å². The molecule has 0 saturated heterocycles. The highest BCUT2D eigenvalue weighted by atomic mass is 19.2. The summed E-state index contributed by atoms with van der Waals surface area (Å²) in [7, 11) is 0. The average Bonchev–Trinajstić information content (AvgIpc) is 2.38. The van der Waals surface area contributed by atoms with Gasteiger partial charge in [-0.05, 0) is 29.8 Å². The number of hydrogen-bond acceptors (Lipinski definition) is 2. The third kappa shape index (κ3) is 2.76. The SMILES string of the molecule is Nc1ccc(C(=O)Cc2cccc(F)c2F)cc1F. The molecule has 0 aliphatic carbocycles. The van der Waals surface area contributed by atoms with E-state index in [1.165, 1.54) is 24.3 Å². The van der Waals surface area contributed by atoms with E-state index in [4.69, 9.17) is 5.73 Å². The molecule has 0 heterocycles. The van der Waals surface area contributed by atoms with Crippen LogP contribution in [0.2, 0.25) is 0 Å². The van der Waals surface area contributed by atoms with Gasteiger partial charge in [0.25, 0.3) is 0 Å². The number of hydrogen-bond donors (Lipinski definition) is 1. The van der Waals surface area contributed by atoms with Crippen LogP contribution in [-0.2, 0) is 6.42 Å². The smallest absolute Gasteiger partial charge is 0.167 e. The molecular formula is C14H10F3NO. The number of carbonyl (C=O) groups is 1. The van der Waals surface area contributed by atoms with Gasteiger partial charge in [-0.1, -0.05) is 12.1 Å². The Morgan fingerprint density at radius 1 is 1.05 bits per heavy atom. The maximum Gasteiger partial charge on any atom is 0.167 e. The summed E-state index contributed by atoms with van der Waals surface area (Å²) in [6.07, 6.45) is -0.340. The van der Waals surface area contributed by atoms with Crippen molar-refractivity contribution < 1.29 is 18.0 Å². The zero-order valence-electron chi connectivity index (χ0n) is 9.79. The Kier molecular flexibility index (Phi) is 3.55. The molecule has 0 fully saturated rings. The van der Waals surface area contributed by atoms with Crippen LogP contribution < -0.4 is 5.73 Å². The molecule has 98 valence electrons. The molecule has 0 unspecified atom stereocenters. The second-order valence-electron chi connectivity index (χ2n) is 4.05. The number of benzene rings is 2. The highest BCUT2D eigenvalue weighted by Gasteiger charge is 2.14. The van der Waals surface area contributed by atoms with Crippen LogP contribution in [0.5, 0.6) is 0 Å². The molecule has 0 atom stereocenters. The lowest BCUT2D eigenvalue weighted by Gasteiger charge is -2.05. The molecule has 0 amide bonds. The van der Waals surface area contributed by atoms with Crippen LogP contribution in [0.25, 0.3) is 0 Å². The molecule has 2 rings (SSSR count). The molecule has 2 N–H and O–H groups in total. The Bertz CT molecular complexity index is 641. The second kappa shape index (κ2) is 5.14. The Labute approximate surface area is 107 Å². The first-order valence-electron chi connectivity index (χ1n) is 5.50. The Morgan fingerprint density at radius 2 is 1.79 bits per heavy atom. The molecule has 19 heavy (non-hydrogen) atoms. The van der Waals surface area contributed by atoms with E-state index >= 15 is 0 Å². The monoisotopic (exact) mass is 265 g/mol. The molecular weight excluding hydrogens is 255 g/mol. The predicted molar refractivity (Wildman–Crippen MR) is 65.2 cm³/mol. The van der Waals surface area contributed by atoms with Gasteiger partial charge in [-0.25, -0.2) is 13.2 Å². The first-order valence-corrected chi connectivity index (χ1v) is 5.50. The van der Waals surface area contributed by atoms with Crippen molar-refractivity contribution in [1.29, 1.82) is 0 Å². The number of ketones is 1. The van der Waals surface area contributed by atoms with Gasteiger partial charge >= 0.3 is 0 Å². The summed E-state index contributed by atoms with van der Waals surface area (Å²) >= 11 is 0. The number of anilines is 1. The van der Waals surface area contributed by atoms with E-state index in [0.29, 0.717) is 0 Å². The van der Waals surface area contributed by atoms with Crippen molar-refractivity contribution in [2.24, 2.45) is 0 Å². The normalized spacial score (nSPS) is 10.5. The second-order valence-corrected chi connectivity index (χ2v) is 4.05. The molecule has 2 aromatic rings. The van der Waals surface area contributed by atoms with E-state index < -0.39 is 23.2 Å². The fourth-order valence-electron chi connectivity index (χ4n) is 1.66. The van der Waals surface area contributed by atoms with Crippen molar-refractivity contribution in [2.45, 2.75) is 6.42 Å². The van der Waals surface area contributed by atoms with Crippen molar-refractivity contribution in [1.82, 2.24) is 0 Å². The summed E-state index contributed by atoms with van der Waals surface area (Å²) < 4.78 is 39.6. The fraction of sp³-hybridized carbons (Fsp3) is 0.0714. The molecule has 0 radical (unpaired) electrons. The quantitative estimate of drug-likeness (QED) is 0.684. The van der Waals surface area contributed by atoms with Gasteiger partial charge in [-0.3, -0.25) is 4.79 Å². The van der Waals surface area contributed by atoms with Crippen molar-refractivity contribution >= 4 is 11.5 Å². The van der Waals surface area contributed by atoms with E-state index in [-0.39, 0.29) is 23.2 Å². The maximum absolute atomic E-state index is 13.4. The molecule has 0 aliphatic rings. The van der Waals surface area contributed by atoms with Crippen LogP contribution in [0, 0.1) is 17.5 Å². The van der Waals surface area contributed by atoms with E-state index in [0.717, 1.165) is 12.1 Å². The minimum atomic E-state index is -1.06. The van der Waals surface area contributed by atoms with Gasteiger partial charge in [0.1, 0.15) is 5.82 Å². The van der Waals surface area contributed by atoms with Gasteiger partial charge in [0.15, 0.2) is 17.4 Å². The summed E-state index contributed by atoms with van der Waals surface area (Å²) in [6.45, 7) is 0. The third-order valence-electron chi connectivity index (χ3n) is 2.71. The molecule has 5 heteroatoms. The molecule has 2 aromatic carbocycles. The number of Topliss-reactive ketones (excluding diaryl/α,β-unsaturated/α-hetero) is 1. The lowest BCUT2D eigenvalue weighted by atomic mass is 10.0. The van der Waals surface area contributed by atoms with Gasteiger partial charge in [0, 0.05) is 12.0 Å². The standard InChI is InChI=1S/C14H10F3NO/c15-10-3-1-2-9(14(10)17)7-13(19)8-4-5-12(18)11(16)6-8/h1-6H,7,18H2. The van der Waals surface area contributed by atoms with Crippen molar-refractivity contribution in [2.75, 3.05) is 5.73 Å². The largest absolute Gasteiger partial charge is 0.396 e. The first kappa shape index (κ1) is 13.1. The maximum atomic E-state index is 13.4. The summed E-state index contributed by atoms with van der Waals surface area (Å²) in [6, 6.07) is 7.16. The van der Waals surface area contributed by atoms with Gasteiger partial charge in [0.05, 0.1) is 5.69 Å². The van der Waals surface area contributed by atoms with E-state index in [2.05, 4.69) is 0 Å². The minimum Gasteiger partial charge on any atom is -0.396 e. The van der Waals surface area contributed by atoms with Crippen LogP contribution in [0.4, 0.5) is 18.9 Å². The van der Waals surface area contributed by atoms with E-state index in [1.807, 2.05) is 0 Å². The zero-order valence-corrected chi connectivity index (χ0v) is 9.79. The van der Waals surface area contributed by atoms with Crippen LogP contribution in [0.3, 0.4) is 0 Å². The highest BCUT2D eigenvalue weighted by Crippen LogP contribution is 2.17. The minimum absolute atomic E-state index is 0.0651. The Balaban J connectivity index is 2.26. The van der Waals surface area contributed by atoms with Crippen molar-refractivity contribution in [3.63, 3.8) is 0 Å². The lowest BCUT2D eigenvalue weighted by Crippen LogP contribution is -2.07. The summed E-state index contributed by atoms with van der Waals surface area (Å²) in [4.78, 5) is 11.8. The lowest BCUT2D eigenvalue weighted by molar-refractivity contribution is 0.0991. The van der Waals surface area contributed by atoms with Gasteiger partial charge in [0.2, 0.25) is 0 Å². The molecule has 0 aromatic heterocycles. The van der Waals surface area contributed by atoms with Gasteiger partial charge in [-0.15, -0.1) is 0 Å². The molecule has 0 bridgehead atoms. The van der Waals surface area contributed by atoms with Crippen molar-refractivity contribution in [3.8, 4) is 0 Å². The average molecular weight is 265 g/mol. The van der Waals surface area contributed by atoms with Gasteiger partial charge in [-0.2, -0.15) is 0 Å². The summed E-state index contributed by atoms with van der Waals surface area (Å²) in [5, 5.41) is 0. The Morgan fingerprint density at radius 3 is 2.47 bits per heavy atom. The van der Waals surface area contributed by atoms with Crippen LogP contribution in [-0.4, -0.2) is 5.78 Å². The Hall–Kier alpha value is -2.30. The molecule has 0 saturated carbocycles. The van der Waals surface area contributed by atoms with Crippen molar-refractivity contribution in [3.05, 3.63) is 65.0 Å². The molecule has 2 nitrogen and oxygen atoms in total. The predicted octanol–water partition coefficient (Wildman–Crippen LogP) is 3.11. The zero-order chi connectivity index (χ0) is 14.0. The van der Waals surface area contributed by atoms with Crippen LogP contribution >= 0.6 is 0 Å². The van der Waals surface area contributed by atoms with E-state index in [9.17, 15) is 18.0 Å². The topological polar surface area (TPSA) is 43.1 Å². The number of nitrogen functional groups attached to an aromatic ring is 1. The van der Waals surface area contributed by atoms with Gasteiger partial charge < -0.3 is 5.73 Å². The number of halogens is 3. The van der Waals surface area contributed by atoms with Crippen LogP contribution in [0.1, 0.15) is 15.9 Å². The first-order chi connectivity index (χ1) is 8.99. The fourth-order valence-corrected chi connectivity index (χ4v) is 1.66. The van der Waals surface area contributed by atoms with E-state index in [1.54, 1.807) is 0 Å². The highest BCUT2D eigenvalue weighted by molar-refractivity contribution is 5.97. The molecule has 0 aliphatic heterocycles. The number of carbonyl (C=O) groups excluding carboxylic acids is 1. The summed E-state index contributed by atoms with van der Waals surface area (Å²) in [5.41, 5.74) is 5.21. The number of rotatable bonds is 3. The summed E-state index contributed by atoms with van der Waals surface area (Å²) in [5.74, 6) is -3.31. The number of nitrogens with two attached hydrogens (primary N) is 1. The molecule has 0 spiro atoms.